The molecular weight excluding hydrogens is 256 g/mol. The second kappa shape index (κ2) is 6.51. The van der Waals surface area contributed by atoms with Gasteiger partial charge in [0.25, 0.3) is 0 Å². The van der Waals surface area contributed by atoms with Crippen molar-refractivity contribution in [1.82, 2.24) is 15.3 Å². The van der Waals surface area contributed by atoms with Crippen LogP contribution in [0.25, 0.3) is 0 Å². The summed E-state index contributed by atoms with van der Waals surface area (Å²) in [7, 11) is 0. The number of nitrogens with zero attached hydrogens (tertiary/aromatic N) is 2. The number of hydrogen-bond acceptors (Lipinski definition) is 6. The van der Waals surface area contributed by atoms with E-state index in [2.05, 4.69) is 33.0 Å². The number of nitrogens with one attached hydrogen (secondary N) is 3. The standard InChI is InChI=1S/C13H22N6O/c1-3-4-10-17-12(8(2)13(18-10)19-14)15-7-9-5-6-11(20)16-9/h9H,3-7,14H2,1-2H3,(H,16,20)(H2,15,17,18,19). The Morgan fingerprint density at radius 1 is 1.40 bits per heavy atom. The van der Waals surface area contributed by atoms with Crippen molar-refractivity contribution >= 4 is 17.5 Å². The molecule has 2 heterocycles. The lowest BCUT2D eigenvalue weighted by Crippen LogP contribution is -2.32. The molecule has 2 rings (SSSR count). The first kappa shape index (κ1) is 14.5. The molecule has 1 aliphatic heterocycles. The summed E-state index contributed by atoms with van der Waals surface area (Å²) >= 11 is 0. The average Bonchev–Trinajstić information content (AvgIpc) is 2.85. The Hall–Kier alpha value is -1.89. The zero-order chi connectivity index (χ0) is 14.5. The van der Waals surface area contributed by atoms with Crippen LogP contribution in [0.2, 0.25) is 0 Å². The predicted octanol–water partition coefficient (Wildman–Crippen LogP) is 0.714. The van der Waals surface area contributed by atoms with E-state index in [1.807, 2.05) is 6.92 Å². The number of aryl methyl sites for hydroxylation is 1. The number of hydrogen-bond donors (Lipinski definition) is 4. The molecule has 1 unspecified atom stereocenters. The summed E-state index contributed by atoms with van der Waals surface area (Å²) in [6, 6.07) is 0.167. The molecule has 1 saturated heterocycles. The van der Waals surface area contributed by atoms with Gasteiger partial charge in [0, 0.05) is 31.0 Å². The summed E-state index contributed by atoms with van der Waals surface area (Å²) in [6.45, 7) is 4.67. The van der Waals surface area contributed by atoms with Gasteiger partial charge in [0.1, 0.15) is 17.5 Å². The van der Waals surface area contributed by atoms with Crippen LogP contribution in [0.4, 0.5) is 11.6 Å². The van der Waals surface area contributed by atoms with Crippen molar-refractivity contribution in [2.24, 2.45) is 5.84 Å². The highest BCUT2D eigenvalue weighted by atomic mass is 16.1. The Balaban J connectivity index is 2.08. The van der Waals surface area contributed by atoms with E-state index in [4.69, 9.17) is 5.84 Å². The van der Waals surface area contributed by atoms with Crippen LogP contribution in [-0.2, 0) is 11.2 Å². The number of hydrazine groups is 1. The zero-order valence-electron chi connectivity index (χ0n) is 12.0. The smallest absolute Gasteiger partial charge is 0.220 e. The summed E-state index contributed by atoms with van der Waals surface area (Å²) < 4.78 is 0. The second-order valence-electron chi connectivity index (χ2n) is 5.04. The summed E-state index contributed by atoms with van der Waals surface area (Å²) in [5.41, 5.74) is 3.49. The van der Waals surface area contributed by atoms with Gasteiger partial charge in [0.05, 0.1) is 0 Å². The summed E-state index contributed by atoms with van der Waals surface area (Å²) in [5, 5.41) is 6.21. The molecule has 5 N–H and O–H groups in total. The van der Waals surface area contributed by atoms with Gasteiger partial charge >= 0.3 is 0 Å². The van der Waals surface area contributed by atoms with Gasteiger partial charge in [0.15, 0.2) is 0 Å². The summed E-state index contributed by atoms with van der Waals surface area (Å²) in [4.78, 5) is 20.1. The van der Waals surface area contributed by atoms with Gasteiger partial charge in [-0.15, -0.1) is 0 Å². The molecule has 0 aromatic carbocycles. The Kier molecular flexibility index (Phi) is 4.73. The number of rotatable bonds is 6. The van der Waals surface area contributed by atoms with Gasteiger partial charge in [-0.25, -0.2) is 15.8 Å². The van der Waals surface area contributed by atoms with Crippen molar-refractivity contribution in [3.05, 3.63) is 11.4 Å². The lowest BCUT2D eigenvalue weighted by atomic mass is 10.2. The van der Waals surface area contributed by atoms with Gasteiger partial charge in [-0.2, -0.15) is 0 Å². The third-order valence-corrected chi connectivity index (χ3v) is 3.40. The molecule has 1 fully saturated rings. The molecule has 110 valence electrons. The van der Waals surface area contributed by atoms with E-state index in [1.54, 1.807) is 0 Å². The molecule has 0 spiro atoms. The molecule has 7 nitrogen and oxygen atoms in total. The Labute approximate surface area is 118 Å². The molecule has 1 amide bonds. The van der Waals surface area contributed by atoms with Crippen molar-refractivity contribution in [2.45, 2.75) is 45.6 Å². The minimum absolute atomic E-state index is 0.118. The highest BCUT2D eigenvalue weighted by Crippen LogP contribution is 2.20. The minimum Gasteiger partial charge on any atom is -0.368 e. The van der Waals surface area contributed by atoms with Crippen molar-refractivity contribution in [3.63, 3.8) is 0 Å². The molecule has 1 atom stereocenters. The van der Waals surface area contributed by atoms with Crippen molar-refractivity contribution in [3.8, 4) is 0 Å². The summed E-state index contributed by atoms with van der Waals surface area (Å²) in [5.74, 6) is 7.80. The van der Waals surface area contributed by atoms with Crippen LogP contribution in [0, 0.1) is 6.92 Å². The highest BCUT2D eigenvalue weighted by Gasteiger charge is 2.21. The van der Waals surface area contributed by atoms with Crippen LogP contribution in [0.5, 0.6) is 0 Å². The molecule has 7 heteroatoms. The van der Waals surface area contributed by atoms with Crippen LogP contribution in [-0.4, -0.2) is 28.5 Å². The largest absolute Gasteiger partial charge is 0.368 e. The zero-order valence-corrected chi connectivity index (χ0v) is 12.0. The van der Waals surface area contributed by atoms with Crippen molar-refractivity contribution in [1.29, 1.82) is 0 Å². The Bertz CT molecular complexity index is 490. The number of amides is 1. The Morgan fingerprint density at radius 3 is 2.75 bits per heavy atom. The highest BCUT2D eigenvalue weighted by molar-refractivity contribution is 5.78. The molecule has 0 radical (unpaired) electrons. The van der Waals surface area contributed by atoms with E-state index in [0.29, 0.717) is 18.8 Å². The number of nitrogen functional groups attached to an aromatic ring is 1. The quantitative estimate of drug-likeness (QED) is 0.451. The maximum atomic E-state index is 11.2. The fourth-order valence-electron chi connectivity index (χ4n) is 2.26. The molecule has 0 saturated carbocycles. The predicted molar refractivity (Wildman–Crippen MR) is 78.2 cm³/mol. The van der Waals surface area contributed by atoms with Crippen LogP contribution in [0.3, 0.4) is 0 Å². The second-order valence-corrected chi connectivity index (χ2v) is 5.04. The van der Waals surface area contributed by atoms with Gasteiger partial charge in [0.2, 0.25) is 5.91 Å². The molecule has 0 aliphatic carbocycles. The topological polar surface area (TPSA) is 105 Å². The molecular formula is C13H22N6O. The maximum absolute atomic E-state index is 11.2. The fourth-order valence-corrected chi connectivity index (χ4v) is 2.26. The first-order valence-electron chi connectivity index (χ1n) is 7.01. The SMILES string of the molecule is CCCc1nc(NN)c(C)c(NCC2CCC(=O)N2)n1. The van der Waals surface area contributed by atoms with E-state index in [1.165, 1.54) is 0 Å². The molecule has 1 aliphatic rings. The fraction of sp³-hybridized carbons (Fsp3) is 0.615. The lowest BCUT2D eigenvalue weighted by molar-refractivity contribution is -0.119. The lowest BCUT2D eigenvalue weighted by Gasteiger charge is -2.16. The number of nitrogens with two attached hydrogens (primary N) is 1. The van der Waals surface area contributed by atoms with Crippen molar-refractivity contribution in [2.75, 3.05) is 17.3 Å². The van der Waals surface area contributed by atoms with Crippen LogP contribution in [0.1, 0.15) is 37.6 Å². The summed E-state index contributed by atoms with van der Waals surface area (Å²) in [6.07, 6.45) is 3.25. The molecule has 1 aromatic heterocycles. The van der Waals surface area contributed by atoms with Crippen LogP contribution in [0.15, 0.2) is 0 Å². The molecule has 1 aromatic rings. The number of anilines is 2. The third kappa shape index (κ3) is 3.36. The van der Waals surface area contributed by atoms with Gasteiger partial charge in [-0.1, -0.05) is 6.92 Å². The van der Waals surface area contributed by atoms with E-state index in [9.17, 15) is 4.79 Å². The van der Waals surface area contributed by atoms with E-state index in [0.717, 1.165) is 36.5 Å². The third-order valence-electron chi connectivity index (χ3n) is 3.40. The first-order chi connectivity index (χ1) is 9.63. The first-order valence-corrected chi connectivity index (χ1v) is 7.01. The van der Waals surface area contributed by atoms with Gasteiger partial charge in [-0.05, 0) is 19.8 Å². The number of carbonyl (C=O) groups is 1. The number of carbonyl (C=O) groups excluding carboxylic acids is 1. The van der Waals surface area contributed by atoms with E-state index >= 15 is 0 Å². The van der Waals surface area contributed by atoms with Crippen LogP contribution >= 0.6 is 0 Å². The van der Waals surface area contributed by atoms with Crippen molar-refractivity contribution < 1.29 is 4.79 Å². The Morgan fingerprint density at radius 2 is 2.15 bits per heavy atom. The average molecular weight is 278 g/mol. The molecule has 20 heavy (non-hydrogen) atoms. The minimum atomic E-state index is 0.118. The normalized spacial score (nSPS) is 17.9. The van der Waals surface area contributed by atoms with Crippen LogP contribution < -0.4 is 21.9 Å². The van der Waals surface area contributed by atoms with E-state index < -0.39 is 0 Å². The van der Waals surface area contributed by atoms with Gasteiger partial charge in [-0.3, -0.25) is 4.79 Å². The molecule has 0 bridgehead atoms. The van der Waals surface area contributed by atoms with Gasteiger partial charge < -0.3 is 16.1 Å². The maximum Gasteiger partial charge on any atom is 0.220 e. The number of aromatic nitrogens is 2. The monoisotopic (exact) mass is 278 g/mol. The van der Waals surface area contributed by atoms with E-state index in [-0.39, 0.29) is 11.9 Å².